The van der Waals surface area contributed by atoms with E-state index in [0.29, 0.717) is 41.4 Å². The maximum absolute atomic E-state index is 11.9. The van der Waals surface area contributed by atoms with Gasteiger partial charge in [0.15, 0.2) is 11.3 Å². The van der Waals surface area contributed by atoms with E-state index in [-0.39, 0.29) is 11.8 Å². The molecule has 39 heavy (non-hydrogen) atoms. The number of carbonyl (C=O) groups is 2. The first-order valence-electron chi connectivity index (χ1n) is 12.8. The Kier molecular flexibility index (Phi) is 7.49. The first-order valence-corrected chi connectivity index (χ1v) is 12.8. The second-order valence-electron chi connectivity index (χ2n) is 9.78. The van der Waals surface area contributed by atoms with Crippen molar-refractivity contribution in [1.82, 2.24) is 19.9 Å². The zero-order chi connectivity index (χ0) is 27.6. The lowest BCUT2D eigenvalue weighted by atomic mass is 9.96. The fraction of sp³-hybridized carbons (Fsp3) is 0.444. The second-order valence-corrected chi connectivity index (χ2v) is 9.78. The Morgan fingerprint density at radius 1 is 1.10 bits per heavy atom. The van der Waals surface area contributed by atoms with Crippen LogP contribution in [0.15, 0.2) is 30.6 Å². The number of ether oxygens (including phenoxy) is 4. The SMILES string of the molecule is COc1nc2c(Oc3ccc(C4CC4(C(N)=O)C(N)=O)cc3C)ncnc2cc1OCCCN1CCOCC1. The molecule has 206 valence electrons. The lowest BCUT2D eigenvalue weighted by Gasteiger charge is -2.26. The van der Waals surface area contributed by atoms with Gasteiger partial charge < -0.3 is 30.4 Å². The lowest BCUT2D eigenvalue weighted by Crippen LogP contribution is -2.38. The number of pyridine rings is 1. The molecule has 3 aromatic rings. The molecule has 0 bridgehead atoms. The molecule has 2 fully saturated rings. The van der Waals surface area contributed by atoms with Gasteiger partial charge in [0.05, 0.1) is 26.9 Å². The van der Waals surface area contributed by atoms with E-state index in [1.165, 1.54) is 13.4 Å². The molecule has 3 heterocycles. The molecule has 4 N–H and O–H groups in total. The Hall–Kier alpha value is -4.03. The van der Waals surface area contributed by atoms with Crippen LogP contribution in [0.3, 0.4) is 0 Å². The number of rotatable bonds is 11. The third kappa shape index (κ3) is 5.30. The van der Waals surface area contributed by atoms with E-state index in [1.54, 1.807) is 18.2 Å². The number of hydrogen-bond donors (Lipinski definition) is 2. The highest BCUT2D eigenvalue weighted by Crippen LogP contribution is 2.59. The lowest BCUT2D eigenvalue weighted by molar-refractivity contribution is -0.133. The van der Waals surface area contributed by atoms with Crippen molar-refractivity contribution < 1.29 is 28.5 Å². The summed E-state index contributed by atoms with van der Waals surface area (Å²) in [4.78, 5) is 39.3. The zero-order valence-electron chi connectivity index (χ0n) is 22.0. The van der Waals surface area contributed by atoms with Crippen LogP contribution in [0.1, 0.15) is 29.9 Å². The van der Waals surface area contributed by atoms with E-state index in [4.69, 9.17) is 30.4 Å². The molecule has 1 atom stereocenters. The predicted octanol–water partition coefficient (Wildman–Crippen LogP) is 1.68. The molecule has 5 rings (SSSR count). The van der Waals surface area contributed by atoms with Crippen LogP contribution in [0.5, 0.6) is 23.3 Å². The molecule has 2 aliphatic rings. The number of carbonyl (C=O) groups excluding carboxylic acids is 2. The average molecular weight is 537 g/mol. The van der Waals surface area contributed by atoms with Gasteiger partial charge in [-0.2, -0.15) is 4.98 Å². The molecule has 1 saturated carbocycles. The van der Waals surface area contributed by atoms with Crippen molar-refractivity contribution in [3.63, 3.8) is 0 Å². The van der Waals surface area contributed by atoms with Gasteiger partial charge in [-0.15, -0.1) is 0 Å². The monoisotopic (exact) mass is 536 g/mol. The first kappa shape index (κ1) is 26.6. The second kappa shape index (κ2) is 11.0. The van der Waals surface area contributed by atoms with Crippen LogP contribution >= 0.6 is 0 Å². The normalized spacial score (nSPS) is 18.5. The highest BCUT2D eigenvalue weighted by molar-refractivity contribution is 6.08. The molecule has 1 unspecified atom stereocenters. The summed E-state index contributed by atoms with van der Waals surface area (Å²) in [5, 5.41) is 0. The van der Waals surface area contributed by atoms with Crippen LogP contribution < -0.4 is 25.7 Å². The highest BCUT2D eigenvalue weighted by Gasteiger charge is 2.64. The summed E-state index contributed by atoms with van der Waals surface area (Å²) in [7, 11) is 1.53. The number of aromatic nitrogens is 3. The van der Waals surface area contributed by atoms with Crippen molar-refractivity contribution in [2.75, 3.05) is 46.6 Å². The van der Waals surface area contributed by atoms with Gasteiger partial charge in [0.1, 0.15) is 23.0 Å². The molecule has 1 aliphatic heterocycles. The number of benzene rings is 1. The molecular formula is C27H32N6O6. The van der Waals surface area contributed by atoms with Crippen LogP contribution in [0.2, 0.25) is 0 Å². The molecule has 2 aromatic heterocycles. The molecule has 12 heteroatoms. The number of primary amides is 2. The number of nitrogens with zero attached hydrogens (tertiary/aromatic N) is 4. The molecular weight excluding hydrogens is 504 g/mol. The van der Waals surface area contributed by atoms with E-state index < -0.39 is 17.2 Å². The van der Waals surface area contributed by atoms with E-state index in [9.17, 15) is 9.59 Å². The predicted molar refractivity (Wildman–Crippen MR) is 141 cm³/mol. The Morgan fingerprint density at radius 2 is 1.87 bits per heavy atom. The zero-order valence-corrected chi connectivity index (χ0v) is 22.0. The topological polar surface area (TPSA) is 165 Å². The van der Waals surface area contributed by atoms with Gasteiger partial charge in [-0.25, -0.2) is 9.97 Å². The molecule has 1 aliphatic carbocycles. The fourth-order valence-corrected chi connectivity index (χ4v) is 4.99. The van der Waals surface area contributed by atoms with Crippen LogP contribution in [-0.4, -0.2) is 78.2 Å². The van der Waals surface area contributed by atoms with Gasteiger partial charge in [-0.1, -0.05) is 12.1 Å². The van der Waals surface area contributed by atoms with Crippen LogP contribution in [0.25, 0.3) is 11.0 Å². The Balaban J connectivity index is 1.30. The standard InChI is InChI=1S/C27H32N6O6/c1-16-12-17(18-14-27(18,25(28)34)26(29)35)4-5-20(16)39-24-22-19(30-15-31-24)13-21(23(32-22)36-2)38-9-3-6-33-7-10-37-11-8-33/h4-5,12-13,15,18H,3,6-11,14H2,1-2H3,(H2,28,34)(H2,29,35). The minimum Gasteiger partial charge on any atom is -0.488 e. The molecule has 1 saturated heterocycles. The van der Waals surface area contributed by atoms with E-state index in [2.05, 4.69) is 19.9 Å². The minimum atomic E-state index is -1.33. The number of amides is 2. The molecule has 1 aromatic carbocycles. The van der Waals surface area contributed by atoms with Crippen molar-refractivity contribution >= 4 is 22.8 Å². The van der Waals surface area contributed by atoms with E-state index in [0.717, 1.165) is 50.4 Å². The number of fused-ring (bicyclic) bond motifs is 1. The third-order valence-corrected chi connectivity index (χ3v) is 7.33. The number of methoxy groups -OCH3 is 1. The average Bonchev–Trinajstić information content (AvgIpc) is 3.70. The maximum atomic E-state index is 11.9. The summed E-state index contributed by atoms with van der Waals surface area (Å²) in [6, 6.07) is 7.17. The van der Waals surface area contributed by atoms with E-state index >= 15 is 0 Å². The molecule has 2 amide bonds. The first-order chi connectivity index (χ1) is 18.8. The van der Waals surface area contributed by atoms with Crippen molar-refractivity contribution in [2.24, 2.45) is 16.9 Å². The third-order valence-electron chi connectivity index (χ3n) is 7.33. The Morgan fingerprint density at radius 3 is 2.54 bits per heavy atom. The van der Waals surface area contributed by atoms with Gasteiger partial charge in [0.25, 0.3) is 5.88 Å². The quantitative estimate of drug-likeness (QED) is 0.272. The van der Waals surface area contributed by atoms with Crippen molar-refractivity contribution in [3.05, 3.63) is 41.7 Å². The van der Waals surface area contributed by atoms with Crippen molar-refractivity contribution in [1.29, 1.82) is 0 Å². The van der Waals surface area contributed by atoms with Gasteiger partial charge in [0.2, 0.25) is 17.7 Å². The van der Waals surface area contributed by atoms with Gasteiger partial charge in [-0.3, -0.25) is 14.5 Å². The largest absolute Gasteiger partial charge is 0.488 e. The van der Waals surface area contributed by atoms with E-state index in [1.807, 2.05) is 13.0 Å². The van der Waals surface area contributed by atoms with Gasteiger partial charge in [-0.05, 0) is 37.0 Å². The minimum absolute atomic E-state index is 0.253. The summed E-state index contributed by atoms with van der Waals surface area (Å²) < 4.78 is 23.0. The molecule has 0 radical (unpaired) electrons. The summed E-state index contributed by atoms with van der Waals surface area (Å²) in [5.41, 5.74) is 12.1. The summed E-state index contributed by atoms with van der Waals surface area (Å²) in [6.45, 7) is 6.70. The Labute approximate surface area is 225 Å². The summed E-state index contributed by atoms with van der Waals surface area (Å²) in [6.07, 6.45) is 2.56. The number of nitrogens with two attached hydrogens (primary N) is 2. The van der Waals surface area contributed by atoms with Crippen LogP contribution in [-0.2, 0) is 14.3 Å². The van der Waals surface area contributed by atoms with Crippen molar-refractivity contribution in [3.8, 4) is 23.3 Å². The molecule has 0 spiro atoms. The number of morpholine rings is 1. The van der Waals surface area contributed by atoms with Crippen LogP contribution in [0, 0.1) is 12.3 Å². The highest BCUT2D eigenvalue weighted by atomic mass is 16.5. The summed E-state index contributed by atoms with van der Waals surface area (Å²) in [5.74, 6) is -0.164. The van der Waals surface area contributed by atoms with Crippen molar-refractivity contribution in [2.45, 2.75) is 25.7 Å². The maximum Gasteiger partial charge on any atom is 0.257 e. The number of aryl methyl sites for hydroxylation is 1. The number of hydrogen-bond acceptors (Lipinski definition) is 10. The van der Waals surface area contributed by atoms with Gasteiger partial charge in [0, 0.05) is 31.6 Å². The van der Waals surface area contributed by atoms with Gasteiger partial charge >= 0.3 is 0 Å². The summed E-state index contributed by atoms with van der Waals surface area (Å²) >= 11 is 0. The smallest absolute Gasteiger partial charge is 0.257 e. The Bertz CT molecular complexity index is 1380. The molecule has 12 nitrogen and oxygen atoms in total. The van der Waals surface area contributed by atoms with Crippen LogP contribution in [0.4, 0.5) is 0 Å². The fourth-order valence-electron chi connectivity index (χ4n) is 4.99.